The number of hydrogen-bond donors (Lipinski definition) is 2. The van der Waals surface area contributed by atoms with Crippen molar-refractivity contribution in [3.05, 3.63) is 35.6 Å². The number of nitrogens with one attached hydrogen (secondary N) is 1. The maximum Gasteiger partial charge on any atom is 0.407 e. The third-order valence-corrected chi connectivity index (χ3v) is 1.91. The van der Waals surface area contributed by atoms with Gasteiger partial charge in [-0.2, -0.15) is 0 Å². The van der Waals surface area contributed by atoms with Crippen LogP contribution < -0.4 is 5.32 Å². The molecule has 0 saturated carbocycles. The summed E-state index contributed by atoms with van der Waals surface area (Å²) in [5.41, 5.74) is -0.125. The summed E-state index contributed by atoms with van der Waals surface area (Å²) in [5.74, 6) is -2.07. The number of alkyl carbamates (subject to hydrolysis) is 1. The normalized spacial score (nSPS) is 11.6. The molecule has 2 N–H and O–H groups in total. The van der Waals surface area contributed by atoms with E-state index in [4.69, 9.17) is 5.11 Å². The van der Waals surface area contributed by atoms with Gasteiger partial charge in [0.05, 0.1) is 7.11 Å². The molecule has 0 aromatic heterocycles. The predicted molar refractivity (Wildman–Crippen MR) is 52.3 cm³/mol. The van der Waals surface area contributed by atoms with Gasteiger partial charge in [-0.05, 0) is 6.07 Å². The molecule has 1 amide bonds. The van der Waals surface area contributed by atoms with Gasteiger partial charge < -0.3 is 15.2 Å². The molecule has 0 fully saturated rings. The van der Waals surface area contributed by atoms with Crippen molar-refractivity contribution in [1.29, 1.82) is 0 Å². The van der Waals surface area contributed by atoms with Crippen LogP contribution in [-0.2, 0) is 9.53 Å². The highest BCUT2D eigenvalue weighted by Crippen LogP contribution is 2.17. The molecule has 0 bridgehead atoms. The van der Waals surface area contributed by atoms with E-state index in [0.29, 0.717) is 0 Å². The van der Waals surface area contributed by atoms with Crippen LogP contribution in [0.15, 0.2) is 24.3 Å². The minimum Gasteiger partial charge on any atom is -0.479 e. The summed E-state index contributed by atoms with van der Waals surface area (Å²) in [6.45, 7) is 0. The van der Waals surface area contributed by atoms with Crippen molar-refractivity contribution >= 4 is 12.1 Å². The van der Waals surface area contributed by atoms with Crippen LogP contribution in [0.1, 0.15) is 11.6 Å². The second kappa shape index (κ2) is 5.11. The van der Waals surface area contributed by atoms with E-state index in [1.165, 1.54) is 18.2 Å². The molecule has 1 aromatic rings. The van der Waals surface area contributed by atoms with Gasteiger partial charge in [0.25, 0.3) is 0 Å². The number of benzene rings is 1. The number of amides is 1. The standard InChI is InChI=1S/C10H10FNO4/c1-16-10(15)12-8(9(13)14)6-4-2-3-5-7(6)11/h2-5,8H,1H3,(H,12,15)(H,13,14). The van der Waals surface area contributed by atoms with E-state index in [0.717, 1.165) is 13.2 Å². The van der Waals surface area contributed by atoms with E-state index in [9.17, 15) is 14.0 Å². The Balaban J connectivity index is 2.99. The summed E-state index contributed by atoms with van der Waals surface area (Å²) >= 11 is 0. The summed E-state index contributed by atoms with van der Waals surface area (Å²) in [4.78, 5) is 21.8. The number of rotatable bonds is 3. The van der Waals surface area contributed by atoms with E-state index in [2.05, 4.69) is 4.74 Å². The van der Waals surface area contributed by atoms with Crippen molar-refractivity contribution in [1.82, 2.24) is 5.32 Å². The van der Waals surface area contributed by atoms with E-state index < -0.39 is 23.9 Å². The molecule has 1 atom stereocenters. The Morgan fingerprint density at radius 3 is 2.56 bits per heavy atom. The zero-order valence-corrected chi connectivity index (χ0v) is 8.44. The molecule has 1 aromatic carbocycles. The largest absolute Gasteiger partial charge is 0.479 e. The van der Waals surface area contributed by atoms with E-state index in [-0.39, 0.29) is 5.56 Å². The summed E-state index contributed by atoms with van der Waals surface area (Å²) < 4.78 is 17.6. The van der Waals surface area contributed by atoms with Crippen LogP contribution in [-0.4, -0.2) is 24.3 Å². The number of ether oxygens (including phenoxy) is 1. The van der Waals surface area contributed by atoms with Crippen LogP contribution in [0.3, 0.4) is 0 Å². The van der Waals surface area contributed by atoms with Gasteiger partial charge in [-0.15, -0.1) is 0 Å². The first-order valence-corrected chi connectivity index (χ1v) is 4.38. The average Bonchev–Trinajstić information content (AvgIpc) is 2.26. The molecule has 0 aliphatic rings. The van der Waals surface area contributed by atoms with Crippen molar-refractivity contribution < 1.29 is 23.8 Å². The first-order valence-electron chi connectivity index (χ1n) is 4.38. The molecule has 0 spiro atoms. The second-order valence-electron chi connectivity index (χ2n) is 2.93. The molecule has 5 nitrogen and oxygen atoms in total. The second-order valence-corrected chi connectivity index (χ2v) is 2.93. The van der Waals surface area contributed by atoms with Crippen molar-refractivity contribution in [2.45, 2.75) is 6.04 Å². The molecular weight excluding hydrogens is 217 g/mol. The Kier molecular flexibility index (Phi) is 3.82. The fraction of sp³-hybridized carbons (Fsp3) is 0.200. The summed E-state index contributed by atoms with van der Waals surface area (Å²) in [7, 11) is 1.09. The minimum absolute atomic E-state index is 0.125. The highest BCUT2D eigenvalue weighted by Gasteiger charge is 2.24. The van der Waals surface area contributed by atoms with Crippen LogP contribution in [0.4, 0.5) is 9.18 Å². The third kappa shape index (κ3) is 2.69. The number of aliphatic carboxylic acids is 1. The van der Waals surface area contributed by atoms with Crippen LogP contribution in [0.25, 0.3) is 0 Å². The van der Waals surface area contributed by atoms with Gasteiger partial charge in [-0.1, -0.05) is 18.2 Å². The van der Waals surface area contributed by atoms with E-state index in [1.54, 1.807) is 0 Å². The van der Waals surface area contributed by atoms with Crippen LogP contribution >= 0.6 is 0 Å². The van der Waals surface area contributed by atoms with E-state index >= 15 is 0 Å². The summed E-state index contributed by atoms with van der Waals surface area (Å²) in [6.07, 6.45) is -0.935. The number of carbonyl (C=O) groups excluding carboxylic acids is 1. The molecule has 1 rings (SSSR count). The Morgan fingerprint density at radius 1 is 1.44 bits per heavy atom. The zero-order chi connectivity index (χ0) is 12.1. The quantitative estimate of drug-likeness (QED) is 0.816. The van der Waals surface area contributed by atoms with Crippen molar-refractivity contribution in [3.63, 3.8) is 0 Å². The smallest absolute Gasteiger partial charge is 0.407 e. The van der Waals surface area contributed by atoms with Crippen LogP contribution in [0, 0.1) is 5.82 Å². The first-order chi connectivity index (χ1) is 7.56. The lowest BCUT2D eigenvalue weighted by atomic mass is 10.1. The fourth-order valence-corrected chi connectivity index (χ4v) is 1.16. The van der Waals surface area contributed by atoms with Crippen molar-refractivity contribution in [2.24, 2.45) is 0 Å². The Hall–Kier alpha value is -2.11. The zero-order valence-electron chi connectivity index (χ0n) is 8.44. The van der Waals surface area contributed by atoms with E-state index in [1.807, 2.05) is 5.32 Å². The van der Waals surface area contributed by atoms with Gasteiger partial charge in [0.1, 0.15) is 5.82 Å². The number of carboxylic acid groups (broad SMARTS) is 1. The summed E-state index contributed by atoms with van der Waals surface area (Å²) in [5, 5.41) is 10.9. The maximum atomic E-state index is 13.3. The molecule has 0 saturated heterocycles. The molecule has 6 heteroatoms. The van der Waals surface area contributed by atoms with Gasteiger partial charge >= 0.3 is 12.1 Å². The van der Waals surface area contributed by atoms with Crippen molar-refractivity contribution in [3.8, 4) is 0 Å². The lowest BCUT2D eigenvalue weighted by Gasteiger charge is -2.14. The average molecular weight is 227 g/mol. The molecule has 86 valence electrons. The number of hydrogen-bond acceptors (Lipinski definition) is 3. The van der Waals surface area contributed by atoms with Crippen molar-refractivity contribution in [2.75, 3.05) is 7.11 Å². The summed E-state index contributed by atoms with van der Waals surface area (Å²) in [6, 6.07) is 3.84. The third-order valence-electron chi connectivity index (χ3n) is 1.91. The first kappa shape index (κ1) is 12.0. The highest BCUT2D eigenvalue weighted by atomic mass is 19.1. The van der Waals surface area contributed by atoms with Gasteiger partial charge in [0.15, 0.2) is 6.04 Å². The fourth-order valence-electron chi connectivity index (χ4n) is 1.16. The molecule has 16 heavy (non-hydrogen) atoms. The maximum absolute atomic E-state index is 13.3. The lowest BCUT2D eigenvalue weighted by Crippen LogP contribution is -2.34. The molecule has 0 heterocycles. The highest BCUT2D eigenvalue weighted by molar-refractivity contribution is 5.81. The number of carbonyl (C=O) groups is 2. The molecule has 0 radical (unpaired) electrons. The van der Waals surface area contributed by atoms with Crippen LogP contribution in [0.2, 0.25) is 0 Å². The van der Waals surface area contributed by atoms with Crippen LogP contribution in [0.5, 0.6) is 0 Å². The predicted octanol–water partition coefficient (Wildman–Crippen LogP) is 1.31. The van der Waals surface area contributed by atoms with Gasteiger partial charge in [-0.3, -0.25) is 0 Å². The SMILES string of the molecule is COC(=O)NC(C(=O)O)c1ccccc1F. The van der Waals surface area contributed by atoms with Gasteiger partial charge in [0.2, 0.25) is 0 Å². The van der Waals surface area contributed by atoms with Gasteiger partial charge in [0, 0.05) is 5.56 Å². The molecule has 1 unspecified atom stereocenters. The Labute approximate surface area is 90.8 Å². The number of carboxylic acids is 1. The molecule has 0 aliphatic heterocycles. The topological polar surface area (TPSA) is 75.6 Å². The Bertz CT molecular complexity index is 408. The minimum atomic E-state index is -1.46. The molecule has 0 aliphatic carbocycles. The number of methoxy groups -OCH3 is 1. The lowest BCUT2D eigenvalue weighted by molar-refractivity contribution is -0.139. The Morgan fingerprint density at radius 2 is 2.06 bits per heavy atom. The molecular formula is C10H10FNO4. The van der Waals surface area contributed by atoms with Gasteiger partial charge in [-0.25, -0.2) is 14.0 Å². The number of halogens is 1. The monoisotopic (exact) mass is 227 g/mol.